The number of hydrogen-bond donors (Lipinski definition) is 1. The van der Waals surface area contributed by atoms with Crippen LogP contribution in [0, 0.1) is 6.92 Å². The first-order valence-electron chi connectivity index (χ1n) is 7.87. The molecule has 4 heteroatoms. The van der Waals surface area contributed by atoms with E-state index in [4.69, 9.17) is 0 Å². The van der Waals surface area contributed by atoms with Crippen molar-refractivity contribution in [2.45, 2.75) is 26.3 Å². The summed E-state index contributed by atoms with van der Waals surface area (Å²) in [6.07, 6.45) is 0.555. The number of amides is 2. The van der Waals surface area contributed by atoms with Crippen molar-refractivity contribution in [2.24, 2.45) is 0 Å². The van der Waals surface area contributed by atoms with Gasteiger partial charge in [-0.1, -0.05) is 35.9 Å². The predicted molar refractivity (Wildman–Crippen MR) is 90.6 cm³/mol. The van der Waals surface area contributed by atoms with Crippen molar-refractivity contribution in [3.63, 3.8) is 0 Å². The van der Waals surface area contributed by atoms with Crippen LogP contribution in [0.15, 0.2) is 48.5 Å². The van der Waals surface area contributed by atoms with Gasteiger partial charge in [0, 0.05) is 24.2 Å². The number of carbonyl (C=O) groups excluding carboxylic acids is 2. The van der Waals surface area contributed by atoms with Crippen LogP contribution in [0.25, 0.3) is 0 Å². The molecule has 0 spiro atoms. The Labute approximate surface area is 136 Å². The molecule has 3 rings (SSSR count). The Bertz CT molecular complexity index is 737. The van der Waals surface area contributed by atoms with Crippen LogP contribution in [0.4, 0.5) is 5.69 Å². The molecule has 0 fully saturated rings. The van der Waals surface area contributed by atoms with Crippen LogP contribution in [0.2, 0.25) is 0 Å². The summed E-state index contributed by atoms with van der Waals surface area (Å²) in [5.41, 5.74) is 3.56. The molecule has 2 aromatic rings. The van der Waals surface area contributed by atoms with Crippen LogP contribution in [-0.4, -0.2) is 24.4 Å². The van der Waals surface area contributed by atoms with Gasteiger partial charge in [-0.2, -0.15) is 0 Å². The second-order valence-corrected chi connectivity index (χ2v) is 5.78. The summed E-state index contributed by atoms with van der Waals surface area (Å²) < 4.78 is 0. The molecule has 0 aromatic heterocycles. The number of carbonyl (C=O) groups is 2. The Kier molecular flexibility index (Phi) is 4.15. The Morgan fingerprint density at radius 1 is 1.13 bits per heavy atom. The summed E-state index contributed by atoms with van der Waals surface area (Å²) in [5, 5.41) is 2.83. The minimum atomic E-state index is -0.485. The maximum Gasteiger partial charge on any atom is 0.259 e. The maximum atomic E-state index is 13.0. The van der Waals surface area contributed by atoms with Gasteiger partial charge in [0.1, 0.15) is 6.04 Å². The highest BCUT2D eigenvalue weighted by Gasteiger charge is 2.38. The van der Waals surface area contributed by atoms with E-state index in [1.807, 2.05) is 62.4 Å². The van der Waals surface area contributed by atoms with Crippen molar-refractivity contribution in [1.82, 2.24) is 5.32 Å². The molecule has 2 amide bonds. The third-order valence-corrected chi connectivity index (χ3v) is 4.15. The largest absolute Gasteiger partial charge is 0.355 e. The van der Waals surface area contributed by atoms with Gasteiger partial charge in [-0.3, -0.25) is 14.5 Å². The fraction of sp³-hybridized carbons (Fsp3) is 0.263. The van der Waals surface area contributed by atoms with E-state index in [-0.39, 0.29) is 11.8 Å². The van der Waals surface area contributed by atoms with E-state index < -0.39 is 6.04 Å². The lowest BCUT2D eigenvalue weighted by Gasteiger charge is -2.25. The number of hydrogen-bond acceptors (Lipinski definition) is 2. The second-order valence-electron chi connectivity index (χ2n) is 5.78. The lowest BCUT2D eigenvalue weighted by Crippen LogP contribution is -2.48. The zero-order valence-electron chi connectivity index (χ0n) is 13.4. The van der Waals surface area contributed by atoms with E-state index in [2.05, 4.69) is 5.32 Å². The molecule has 2 aromatic carbocycles. The van der Waals surface area contributed by atoms with Crippen LogP contribution in [0.5, 0.6) is 0 Å². The SMILES string of the molecule is CCNC(=O)C1Cc2ccccc2N1C(=O)c1ccc(C)cc1. The smallest absolute Gasteiger partial charge is 0.259 e. The third-order valence-electron chi connectivity index (χ3n) is 4.15. The molecule has 118 valence electrons. The molecule has 0 aliphatic carbocycles. The van der Waals surface area contributed by atoms with E-state index in [9.17, 15) is 9.59 Å². The molecule has 0 saturated carbocycles. The average molecular weight is 308 g/mol. The lowest BCUT2D eigenvalue weighted by molar-refractivity contribution is -0.122. The molecular weight excluding hydrogens is 288 g/mol. The second kappa shape index (κ2) is 6.24. The molecule has 0 saturated heterocycles. The summed E-state index contributed by atoms with van der Waals surface area (Å²) >= 11 is 0. The van der Waals surface area contributed by atoms with Crippen molar-refractivity contribution >= 4 is 17.5 Å². The first kappa shape index (κ1) is 15.3. The monoisotopic (exact) mass is 308 g/mol. The zero-order valence-corrected chi connectivity index (χ0v) is 13.4. The van der Waals surface area contributed by atoms with Crippen molar-refractivity contribution in [2.75, 3.05) is 11.4 Å². The molecule has 23 heavy (non-hydrogen) atoms. The summed E-state index contributed by atoms with van der Waals surface area (Å²) in [6, 6.07) is 14.7. The predicted octanol–water partition coefficient (Wildman–Crippen LogP) is 2.70. The van der Waals surface area contributed by atoms with Crippen molar-refractivity contribution in [1.29, 1.82) is 0 Å². The molecule has 1 heterocycles. The summed E-state index contributed by atoms with van der Waals surface area (Å²) in [4.78, 5) is 27.0. The highest BCUT2D eigenvalue weighted by atomic mass is 16.2. The van der Waals surface area contributed by atoms with Gasteiger partial charge in [-0.15, -0.1) is 0 Å². The number of benzene rings is 2. The van der Waals surface area contributed by atoms with E-state index in [0.717, 1.165) is 16.8 Å². The highest BCUT2D eigenvalue weighted by Crippen LogP contribution is 2.33. The minimum Gasteiger partial charge on any atom is -0.355 e. The molecule has 1 aliphatic heterocycles. The Hall–Kier alpha value is -2.62. The summed E-state index contributed by atoms with van der Waals surface area (Å²) in [6.45, 7) is 4.42. The average Bonchev–Trinajstić information content (AvgIpc) is 2.94. The zero-order chi connectivity index (χ0) is 16.4. The van der Waals surface area contributed by atoms with Crippen LogP contribution >= 0.6 is 0 Å². The molecule has 1 unspecified atom stereocenters. The van der Waals surface area contributed by atoms with Crippen LogP contribution < -0.4 is 10.2 Å². The topological polar surface area (TPSA) is 49.4 Å². The fourth-order valence-electron chi connectivity index (χ4n) is 2.97. The van der Waals surface area contributed by atoms with Gasteiger partial charge in [0.15, 0.2) is 0 Å². The van der Waals surface area contributed by atoms with E-state index in [1.54, 1.807) is 4.90 Å². The molecular formula is C19H20N2O2. The van der Waals surface area contributed by atoms with Crippen molar-refractivity contribution in [3.05, 3.63) is 65.2 Å². The normalized spacial score (nSPS) is 16.1. The molecule has 1 N–H and O–H groups in total. The number of rotatable bonds is 3. The number of likely N-dealkylation sites (N-methyl/N-ethyl adjacent to an activating group) is 1. The number of para-hydroxylation sites is 1. The maximum absolute atomic E-state index is 13.0. The van der Waals surface area contributed by atoms with Gasteiger partial charge in [-0.25, -0.2) is 0 Å². The molecule has 1 aliphatic rings. The van der Waals surface area contributed by atoms with Crippen molar-refractivity contribution < 1.29 is 9.59 Å². The van der Waals surface area contributed by atoms with E-state index in [0.29, 0.717) is 18.5 Å². The molecule has 1 atom stereocenters. The number of nitrogens with zero attached hydrogens (tertiary/aromatic N) is 1. The molecule has 0 radical (unpaired) electrons. The van der Waals surface area contributed by atoms with E-state index >= 15 is 0 Å². The highest BCUT2D eigenvalue weighted by molar-refractivity contribution is 6.11. The standard InChI is InChI=1S/C19H20N2O2/c1-3-20-18(22)17-12-15-6-4-5-7-16(15)21(17)19(23)14-10-8-13(2)9-11-14/h4-11,17H,3,12H2,1-2H3,(H,20,22). The first-order chi connectivity index (χ1) is 11.1. The number of aryl methyl sites for hydroxylation is 1. The third kappa shape index (κ3) is 2.84. The van der Waals surface area contributed by atoms with Crippen LogP contribution in [0.3, 0.4) is 0 Å². The van der Waals surface area contributed by atoms with Crippen LogP contribution in [-0.2, 0) is 11.2 Å². The van der Waals surface area contributed by atoms with Gasteiger partial charge in [0.05, 0.1) is 0 Å². The van der Waals surface area contributed by atoms with Crippen LogP contribution in [0.1, 0.15) is 28.4 Å². The Morgan fingerprint density at radius 3 is 2.52 bits per heavy atom. The quantitative estimate of drug-likeness (QED) is 0.948. The van der Waals surface area contributed by atoms with Gasteiger partial charge in [0.25, 0.3) is 5.91 Å². The van der Waals surface area contributed by atoms with Gasteiger partial charge < -0.3 is 5.32 Å². The number of fused-ring (bicyclic) bond motifs is 1. The van der Waals surface area contributed by atoms with Gasteiger partial charge >= 0.3 is 0 Å². The van der Waals surface area contributed by atoms with Crippen molar-refractivity contribution in [3.8, 4) is 0 Å². The molecule has 4 nitrogen and oxygen atoms in total. The minimum absolute atomic E-state index is 0.107. The summed E-state index contributed by atoms with van der Waals surface area (Å²) in [7, 11) is 0. The fourth-order valence-corrected chi connectivity index (χ4v) is 2.97. The van der Waals surface area contributed by atoms with Gasteiger partial charge in [0.2, 0.25) is 5.91 Å². The molecule has 0 bridgehead atoms. The van der Waals surface area contributed by atoms with Gasteiger partial charge in [-0.05, 0) is 37.6 Å². The lowest BCUT2D eigenvalue weighted by atomic mass is 10.1. The summed E-state index contributed by atoms with van der Waals surface area (Å²) in [5.74, 6) is -0.240. The first-order valence-corrected chi connectivity index (χ1v) is 7.87. The number of nitrogens with one attached hydrogen (secondary N) is 1. The van der Waals surface area contributed by atoms with E-state index in [1.165, 1.54) is 0 Å². The Morgan fingerprint density at radius 2 is 1.83 bits per heavy atom. The Balaban J connectivity index is 1.99. The number of anilines is 1.